The predicted octanol–water partition coefficient (Wildman–Crippen LogP) is 1.72. The quantitative estimate of drug-likeness (QED) is 0.328. The number of aromatic nitrogens is 3. The summed E-state index contributed by atoms with van der Waals surface area (Å²) < 4.78 is 1.90. The summed E-state index contributed by atoms with van der Waals surface area (Å²) in [5.41, 5.74) is -0.276. The molecule has 0 bridgehead atoms. The van der Waals surface area contributed by atoms with E-state index in [4.69, 9.17) is 5.21 Å². The Labute approximate surface area is 84.6 Å². The Morgan fingerprint density at radius 1 is 1.62 bits per heavy atom. The Bertz CT molecular complexity index is 325. The van der Waals surface area contributed by atoms with Gasteiger partial charge in [0.15, 0.2) is 5.84 Å². The van der Waals surface area contributed by atoms with Crippen LogP contribution in [0.1, 0.15) is 20.8 Å². The van der Waals surface area contributed by atoms with Crippen molar-refractivity contribution in [1.29, 1.82) is 0 Å². The van der Waals surface area contributed by atoms with Crippen molar-refractivity contribution in [3.05, 3.63) is 11.1 Å². The van der Waals surface area contributed by atoms with Gasteiger partial charge >= 0.3 is 0 Å². The summed E-state index contributed by atoms with van der Waals surface area (Å²) in [4.78, 5) is 3.88. The van der Waals surface area contributed by atoms with Crippen LogP contribution in [0.15, 0.2) is 16.2 Å². The van der Waals surface area contributed by atoms with Crippen LogP contribution in [-0.2, 0) is 0 Å². The van der Waals surface area contributed by atoms with Crippen LogP contribution in [0.5, 0.6) is 0 Å². The van der Waals surface area contributed by atoms with Crippen molar-refractivity contribution in [2.24, 2.45) is 10.6 Å². The summed E-state index contributed by atoms with van der Waals surface area (Å²) in [7, 11) is 0. The molecule has 1 rings (SSSR count). The molecule has 0 fully saturated rings. The van der Waals surface area contributed by atoms with Crippen LogP contribution in [-0.4, -0.2) is 25.8 Å². The lowest BCUT2D eigenvalue weighted by atomic mass is 9.95. The highest BCUT2D eigenvalue weighted by Crippen LogP contribution is 2.17. The second-order valence-corrected chi connectivity index (χ2v) is 4.34. The molecule has 5 nitrogen and oxygen atoms in total. The van der Waals surface area contributed by atoms with Gasteiger partial charge < -0.3 is 5.21 Å². The molecule has 0 unspecified atom stereocenters. The standard InChI is InChI=1S/C7H11BrN4O/c1-7(2,3)5(11-13)12-4-9-6(8)10-12/h4,13H,1-3H3. The molecule has 13 heavy (non-hydrogen) atoms. The highest BCUT2D eigenvalue weighted by Gasteiger charge is 2.22. The minimum Gasteiger partial charge on any atom is -0.409 e. The summed E-state index contributed by atoms with van der Waals surface area (Å²) >= 11 is 3.12. The number of hydrogen-bond donors (Lipinski definition) is 1. The summed E-state index contributed by atoms with van der Waals surface area (Å²) in [5, 5.41) is 16.0. The fourth-order valence-electron chi connectivity index (χ4n) is 0.884. The van der Waals surface area contributed by atoms with Crippen molar-refractivity contribution in [1.82, 2.24) is 14.8 Å². The van der Waals surface area contributed by atoms with Crippen LogP contribution < -0.4 is 0 Å². The van der Waals surface area contributed by atoms with Gasteiger partial charge in [0, 0.05) is 5.41 Å². The van der Waals surface area contributed by atoms with E-state index in [-0.39, 0.29) is 5.41 Å². The molecule has 1 N–H and O–H groups in total. The zero-order chi connectivity index (χ0) is 10.1. The van der Waals surface area contributed by atoms with Crippen LogP contribution in [0.2, 0.25) is 0 Å². The van der Waals surface area contributed by atoms with Gasteiger partial charge in [-0.3, -0.25) is 0 Å². The Morgan fingerprint density at radius 2 is 2.23 bits per heavy atom. The smallest absolute Gasteiger partial charge is 0.217 e. The first-order valence-electron chi connectivity index (χ1n) is 3.75. The van der Waals surface area contributed by atoms with E-state index in [0.29, 0.717) is 10.6 Å². The third kappa shape index (κ3) is 2.27. The molecular weight excluding hydrogens is 236 g/mol. The van der Waals surface area contributed by atoms with E-state index in [2.05, 4.69) is 31.2 Å². The molecule has 1 aromatic heterocycles. The average Bonchev–Trinajstić information content (AvgIpc) is 2.34. The first-order chi connectivity index (χ1) is 5.95. The Balaban J connectivity index is 3.06. The molecule has 0 saturated carbocycles. The first kappa shape index (κ1) is 10.2. The summed E-state index contributed by atoms with van der Waals surface area (Å²) in [6.45, 7) is 5.78. The topological polar surface area (TPSA) is 63.3 Å². The van der Waals surface area contributed by atoms with E-state index < -0.39 is 0 Å². The fraction of sp³-hybridized carbons (Fsp3) is 0.571. The monoisotopic (exact) mass is 246 g/mol. The molecule has 0 saturated heterocycles. The molecule has 0 aromatic carbocycles. The van der Waals surface area contributed by atoms with Crippen LogP contribution in [0.4, 0.5) is 0 Å². The molecule has 1 heterocycles. The lowest BCUT2D eigenvalue weighted by molar-refractivity contribution is 0.306. The number of rotatable bonds is 0. The van der Waals surface area contributed by atoms with Crippen molar-refractivity contribution in [2.75, 3.05) is 0 Å². The Kier molecular flexibility index (Phi) is 2.70. The molecule has 0 amide bonds. The third-order valence-electron chi connectivity index (χ3n) is 1.45. The SMILES string of the molecule is CC(C)(C)C(=NO)n1cnc(Br)n1. The number of halogens is 1. The molecule has 6 heteroatoms. The second kappa shape index (κ2) is 3.45. The van der Waals surface area contributed by atoms with Crippen LogP contribution in [0.25, 0.3) is 0 Å². The van der Waals surface area contributed by atoms with Gasteiger partial charge in [-0.15, -0.1) is 5.10 Å². The van der Waals surface area contributed by atoms with E-state index in [9.17, 15) is 0 Å². The zero-order valence-corrected chi connectivity index (χ0v) is 9.28. The minimum absolute atomic E-state index is 0.276. The van der Waals surface area contributed by atoms with Crippen molar-refractivity contribution >= 4 is 21.8 Å². The highest BCUT2D eigenvalue weighted by molar-refractivity contribution is 9.10. The van der Waals surface area contributed by atoms with E-state index in [1.165, 1.54) is 11.0 Å². The summed E-state index contributed by atoms with van der Waals surface area (Å²) in [6.07, 6.45) is 1.49. The lowest BCUT2D eigenvalue weighted by Gasteiger charge is -2.18. The maximum Gasteiger partial charge on any atom is 0.217 e. The normalized spacial score (nSPS) is 13.4. The molecule has 0 radical (unpaired) electrons. The van der Waals surface area contributed by atoms with Crippen molar-refractivity contribution < 1.29 is 5.21 Å². The highest BCUT2D eigenvalue weighted by atomic mass is 79.9. The zero-order valence-electron chi connectivity index (χ0n) is 7.69. The molecule has 72 valence electrons. The lowest BCUT2D eigenvalue weighted by Crippen LogP contribution is -2.28. The maximum absolute atomic E-state index is 8.81. The van der Waals surface area contributed by atoms with Crippen LogP contribution >= 0.6 is 15.9 Å². The van der Waals surface area contributed by atoms with Crippen molar-refractivity contribution in [3.8, 4) is 0 Å². The Morgan fingerprint density at radius 3 is 2.54 bits per heavy atom. The summed E-state index contributed by atoms with van der Waals surface area (Å²) in [5.74, 6) is 0.450. The van der Waals surface area contributed by atoms with Gasteiger partial charge in [-0.25, -0.2) is 9.67 Å². The largest absolute Gasteiger partial charge is 0.409 e. The van der Waals surface area contributed by atoms with Gasteiger partial charge in [-0.1, -0.05) is 25.9 Å². The van der Waals surface area contributed by atoms with Gasteiger partial charge in [0.25, 0.3) is 0 Å². The van der Waals surface area contributed by atoms with Crippen LogP contribution in [0.3, 0.4) is 0 Å². The molecular formula is C7H11BrN4O. The first-order valence-corrected chi connectivity index (χ1v) is 4.54. The molecule has 0 spiro atoms. The second-order valence-electron chi connectivity index (χ2n) is 3.63. The van der Waals surface area contributed by atoms with E-state index >= 15 is 0 Å². The molecule has 0 atom stereocenters. The summed E-state index contributed by atoms with van der Waals surface area (Å²) in [6, 6.07) is 0. The number of oxime groups is 1. The Hall–Kier alpha value is -0.910. The van der Waals surface area contributed by atoms with E-state index in [1.807, 2.05) is 20.8 Å². The molecule has 1 aromatic rings. The van der Waals surface area contributed by atoms with Gasteiger partial charge in [-0.2, -0.15) is 0 Å². The fourth-order valence-corrected chi connectivity index (χ4v) is 1.15. The van der Waals surface area contributed by atoms with E-state index in [0.717, 1.165) is 0 Å². The number of nitrogens with zero attached hydrogens (tertiary/aromatic N) is 4. The number of hydrogen-bond acceptors (Lipinski definition) is 4. The van der Waals surface area contributed by atoms with Gasteiger partial charge in [0.05, 0.1) is 0 Å². The average molecular weight is 247 g/mol. The van der Waals surface area contributed by atoms with Gasteiger partial charge in [0.2, 0.25) is 4.73 Å². The minimum atomic E-state index is -0.276. The third-order valence-corrected chi connectivity index (χ3v) is 1.81. The molecule has 0 aliphatic carbocycles. The van der Waals surface area contributed by atoms with E-state index in [1.54, 1.807) is 0 Å². The van der Waals surface area contributed by atoms with Crippen LogP contribution in [0, 0.1) is 5.41 Å². The molecule has 0 aliphatic heterocycles. The van der Waals surface area contributed by atoms with Gasteiger partial charge in [-0.05, 0) is 15.9 Å². The maximum atomic E-state index is 8.81. The van der Waals surface area contributed by atoms with Gasteiger partial charge in [0.1, 0.15) is 6.33 Å². The molecule has 0 aliphatic rings. The van der Waals surface area contributed by atoms with Crippen molar-refractivity contribution in [2.45, 2.75) is 20.8 Å². The van der Waals surface area contributed by atoms with Crippen molar-refractivity contribution in [3.63, 3.8) is 0 Å². The predicted molar refractivity (Wildman–Crippen MR) is 51.8 cm³/mol.